The summed E-state index contributed by atoms with van der Waals surface area (Å²) in [5, 5.41) is 0. The van der Waals surface area contributed by atoms with E-state index in [9.17, 15) is 14.4 Å². The van der Waals surface area contributed by atoms with Gasteiger partial charge in [0, 0.05) is 29.6 Å². The monoisotopic (exact) mass is 429 g/mol. The van der Waals surface area contributed by atoms with Crippen molar-refractivity contribution in [3.05, 3.63) is 39.6 Å². The lowest BCUT2D eigenvalue weighted by molar-refractivity contribution is -0.126. The van der Waals surface area contributed by atoms with Crippen molar-refractivity contribution >= 4 is 34.7 Å². The van der Waals surface area contributed by atoms with E-state index in [4.69, 9.17) is 9.47 Å². The summed E-state index contributed by atoms with van der Waals surface area (Å²) in [7, 11) is 3.06. The number of aryl methyl sites for hydroxylation is 2. The van der Waals surface area contributed by atoms with Gasteiger partial charge in [0.1, 0.15) is 0 Å². The van der Waals surface area contributed by atoms with Crippen molar-refractivity contribution in [3.8, 4) is 11.5 Å². The fourth-order valence-corrected chi connectivity index (χ4v) is 5.00. The minimum Gasteiger partial charge on any atom is -0.493 e. The molecule has 1 atom stereocenters. The SMILES string of the molecule is COc1ccc(N2CC(C(=O)NNC(=O)c3cc4c(s3)CCC4)CC2=O)cc1OC. The van der Waals surface area contributed by atoms with Gasteiger partial charge in [-0.1, -0.05) is 0 Å². The molecule has 0 radical (unpaired) electrons. The van der Waals surface area contributed by atoms with Gasteiger partial charge in [-0.3, -0.25) is 25.2 Å². The molecular weight excluding hydrogens is 406 g/mol. The van der Waals surface area contributed by atoms with Gasteiger partial charge in [0.05, 0.1) is 25.0 Å². The predicted octanol–water partition coefficient (Wildman–Crippen LogP) is 2.07. The van der Waals surface area contributed by atoms with E-state index < -0.39 is 5.92 Å². The summed E-state index contributed by atoms with van der Waals surface area (Å²) in [5.74, 6) is -0.370. The number of fused-ring (bicyclic) bond motifs is 1. The first kappa shape index (κ1) is 20.2. The Bertz CT molecular complexity index is 981. The largest absolute Gasteiger partial charge is 0.493 e. The van der Waals surface area contributed by atoms with Gasteiger partial charge in [-0.25, -0.2) is 0 Å². The van der Waals surface area contributed by atoms with Crippen LogP contribution in [0.25, 0.3) is 0 Å². The molecule has 0 bridgehead atoms. The van der Waals surface area contributed by atoms with Crippen LogP contribution in [0.5, 0.6) is 11.5 Å². The number of rotatable bonds is 5. The van der Waals surface area contributed by atoms with Crippen molar-refractivity contribution in [2.45, 2.75) is 25.7 Å². The molecule has 1 unspecified atom stereocenters. The number of nitrogens with zero attached hydrogens (tertiary/aromatic N) is 1. The zero-order chi connectivity index (χ0) is 21.3. The average molecular weight is 429 g/mol. The van der Waals surface area contributed by atoms with Crippen LogP contribution in [-0.2, 0) is 22.4 Å². The molecule has 30 heavy (non-hydrogen) atoms. The summed E-state index contributed by atoms with van der Waals surface area (Å²) in [5.41, 5.74) is 6.79. The topological polar surface area (TPSA) is 97.0 Å². The highest BCUT2D eigenvalue weighted by Gasteiger charge is 2.35. The van der Waals surface area contributed by atoms with E-state index in [-0.39, 0.29) is 30.7 Å². The minimum atomic E-state index is -0.556. The summed E-state index contributed by atoms with van der Waals surface area (Å²) < 4.78 is 10.5. The highest BCUT2D eigenvalue weighted by atomic mass is 32.1. The Morgan fingerprint density at radius 1 is 1.10 bits per heavy atom. The second kappa shape index (κ2) is 8.35. The highest BCUT2D eigenvalue weighted by molar-refractivity contribution is 7.14. The second-order valence-corrected chi connectivity index (χ2v) is 8.44. The molecule has 158 valence electrons. The Morgan fingerprint density at radius 2 is 1.90 bits per heavy atom. The molecule has 4 rings (SSSR count). The zero-order valence-electron chi connectivity index (χ0n) is 16.8. The molecule has 1 aliphatic carbocycles. The van der Waals surface area contributed by atoms with Crippen molar-refractivity contribution < 1.29 is 23.9 Å². The Hall–Kier alpha value is -3.07. The van der Waals surface area contributed by atoms with Crippen LogP contribution in [0.15, 0.2) is 24.3 Å². The van der Waals surface area contributed by atoms with Crippen LogP contribution >= 0.6 is 11.3 Å². The third-order valence-electron chi connectivity index (χ3n) is 5.44. The van der Waals surface area contributed by atoms with Gasteiger partial charge in [0.15, 0.2) is 11.5 Å². The molecular formula is C21H23N3O5S. The number of carbonyl (C=O) groups excluding carboxylic acids is 3. The van der Waals surface area contributed by atoms with E-state index in [2.05, 4.69) is 10.9 Å². The number of nitrogens with one attached hydrogen (secondary N) is 2. The van der Waals surface area contributed by atoms with Crippen molar-refractivity contribution in [1.82, 2.24) is 10.9 Å². The number of hydrogen-bond acceptors (Lipinski definition) is 6. The molecule has 0 saturated carbocycles. The van der Waals surface area contributed by atoms with E-state index in [1.54, 1.807) is 18.2 Å². The van der Waals surface area contributed by atoms with Crippen molar-refractivity contribution in [1.29, 1.82) is 0 Å². The lowest BCUT2D eigenvalue weighted by atomic mass is 10.1. The highest BCUT2D eigenvalue weighted by Crippen LogP contribution is 2.34. The maximum atomic E-state index is 12.5. The molecule has 2 aromatic rings. The average Bonchev–Trinajstić information content (AvgIpc) is 3.46. The van der Waals surface area contributed by atoms with Crippen LogP contribution in [-0.4, -0.2) is 38.5 Å². The summed E-state index contributed by atoms with van der Waals surface area (Å²) in [6.45, 7) is 0.226. The van der Waals surface area contributed by atoms with Gasteiger partial charge < -0.3 is 14.4 Å². The van der Waals surface area contributed by atoms with Gasteiger partial charge in [-0.05, 0) is 43.0 Å². The second-order valence-electron chi connectivity index (χ2n) is 7.30. The first-order valence-corrected chi connectivity index (χ1v) is 10.6. The van der Waals surface area contributed by atoms with Crippen LogP contribution in [0.4, 0.5) is 5.69 Å². The number of amides is 3. The molecule has 1 aromatic heterocycles. The summed E-state index contributed by atoms with van der Waals surface area (Å²) in [6.07, 6.45) is 3.22. The molecule has 2 N–H and O–H groups in total. The number of benzene rings is 1. The Balaban J connectivity index is 1.36. The molecule has 8 nitrogen and oxygen atoms in total. The third-order valence-corrected chi connectivity index (χ3v) is 6.68. The third kappa shape index (κ3) is 3.85. The number of anilines is 1. The van der Waals surface area contributed by atoms with E-state index in [0.29, 0.717) is 22.1 Å². The maximum Gasteiger partial charge on any atom is 0.279 e. The lowest BCUT2D eigenvalue weighted by Crippen LogP contribution is -2.45. The van der Waals surface area contributed by atoms with Crippen molar-refractivity contribution in [2.75, 3.05) is 25.7 Å². The lowest BCUT2D eigenvalue weighted by Gasteiger charge is -2.18. The number of carbonyl (C=O) groups is 3. The smallest absolute Gasteiger partial charge is 0.279 e. The molecule has 1 aliphatic heterocycles. The molecule has 2 heterocycles. The molecule has 1 aromatic carbocycles. The number of hydrogen-bond donors (Lipinski definition) is 2. The summed E-state index contributed by atoms with van der Waals surface area (Å²) in [4.78, 5) is 40.7. The Labute approximate surface area is 178 Å². The van der Waals surface area contributed by atoms with Gasteiger partial charge in [-0.2, -0.15) is 0 Å². The fourth-order valence-electron chi connectivity index (χ4n) is 3.85. The van der Waals surface area contributed by atoms with E-state index in [0.717, 1.165) is 19.3 Å². The van der Waals surface area contributed by atoms with Crippen molar-refractivity contribution in [2.24, 2.45) is 5.92 Å². The fraction of sp³-hybridized carbons (Fsp3) is 0.381. The molecule has 1 saturated heterocycles. The van der Waals surface area contributed by atoms with E-state index >= 15 is 0 Å². The number of thiophene rings is 1. The normalized spacial score (nSPS) is 17.6. The first-order valence-electron chi connectivity index (χ1n) is 9.74. The number of hydrazine groups is 1. The molecule has 1 fully saturated rings. The Kier molecular flexibility index (Phi) is 5.63. The number of ether oxygens (including phenoxy) is 2. The van der Waals surface area contributed by atoms with Crippen LogP contribution < -0.4 is 25.2 Å². The summed E-state index contributed by atoms with van der Waals surface area (Å²) >= 11 is 1.47. The number of methoxy groups -OCH3 is 2. The molecule has 2 aliphatic rings. The van der Waals surface area contributed by atoms with Crippen molar-refractivity contribution in [3.63, 3.8) is 0 Å². The quantitative estimate of drug-likeness (QED) is 0.710. The van der Waals surface area contributed by atoms with Gasteiger partial charge in [0.25, 0.3) is 5.91 Å². The standard InChI is InChI=1S/C21H23N3O5S/c1-28-15-7-6-14(10-16(15)29-2)24-11-13(9-19(24)25)20(26)22-23-21(27)18-8-12-4-3-5-17(12)30-18/h6-8,10,13H,3-5,9,11H2,1-2H3,(H,22,26)(H,23,27). The minimum absolute atomic E-state index is 0.0728. The van der Waals surface area contributed by atoms with Gasteiger partial charge in [0.2, 0.25) is 11.8 Å². The van der Waals surface area contributed by atoms with E-state index in [1.165, 1.54) is 40.9 Å². The first-order chi connectivity index (χ1) is 14.5. The van der Waals surface area contributed by atoms with Gasteiger partial charge in [-0.15, -0.1) is 11.3 Å². The van der Waals surface area contributed by atoms with Crippen LogP contribution in [0.3, 0.4) is 0 Å². The maximum absolute atomic E-state index is 12.5. The van der Waals surface area contributed by atoms with Crippen LogP contribution in [0.1, 0.15) is 33.0 Å². The molecule has 9 heteroatoms. The van der Waals surface area contributed by atoms with E-state index in [1.807, 2.05) is 6.07 Å². The van der Waals surface area contributed by atoms with Crippen LogP contribution in [0.2, 0.25) is 0 Å². The summed E-state index contributed by atoms with van der Waals surface area (Å²) in [6, 6.07) is 7.06. The zero-order valence-corrected chi connectivity index (χ0v) is 17.6. The van der Waals surface area contributed by atoms with Gasteiger partial charge >= 0.3 is 0 Å². The molecule has 3 amide bonds. The Morgan fingerprint density at radius 3 is 2.63 bits per heavy atom. The van der Waals surface area contributed by atoms with Crippen LogP contribution in [0, 0.1) is 5.92 Å². The predicted molar refractivity (Wildman–Crippen MR) is 112 cm³/mol. The molecule has 0 spiro atoms.